The smallest absolute Gasteiger partial charge is 0.0701 e. The summed E-state index contributed by atoms with van der Waals surface area (Å²) < 4.78 is 22.3. The lowest BCUT2D eigenvalue weighted by atomic mass is 10.0. The van der Waals surface area contributed by atoms with Gasteiger partial charge in [-0.05, 0) is 19.3 Å². The molecule has 0 unspecified atom stereocenters. The predicted octanol–water partition coefficient (Wildman–Crippen LogP) is 9.11. The molecule has 0 bridgehead atoms. The van der Waals surface area contributed by atoms with E-state index in [0.717, 1.165) is 31.9 Å². The van der Waals surface area contributed by atoms with Gasteiger partial charge in [-0.3, -0.25) is 0 Å². The Hall–Kier alpha value is 0.130. The van der Waals surface area contributed by atoms with Gasteiger partial charge >= 0.3 is 0 Å². The second-order valence-electron chi connectivity index (χ2n) is 9.86. The Labute approximate surface area is 224 Å². The summed E-state index contributed by atoms with van der Waals surface area (Å²) in [4.78, 5) is 0. The fourth-order valence-electron chi connectivity index (χ4n) is 4.17. The number of ether oxygens (including phenoxy) is 4. The number of unbranched alkanes of at least 4 members (excludes halogenated alkanes) is 18. The number of alkyl halides is 1. The highest BCUT2D eigenvalue weighted by atomic mass is 35.5. The first-order chi connectivity index (χ1) is 17.4. The lowest BCUT2D eigenvalue weighted by Crippen LogP contribution is -2.12. The Morgan fingerprint density at radius 1 is 0.314 bits per heavy atom. The van der Waals surface area contributed by atoms with Crippen LogP contribution in [0.2, 0.25) is 0 Å². The minimum absolute atomic E-state index is 0.623. The summed E-state index contributed by atoms with van der Waals surface area (Å²) in [5.74, 6) is 0.766. The molecule has 0 aromatic heterocycles. The Morgan fingerprint density at radius 3 is 0.886 bits per heavy atom. The van der Waals surface area contributed by atoms with Crippen molar-refractivity contribution < 1.29 is 18.9 Å². The molecule has 0 radical (unpaired) electrons. The molecule has 0 aliphatic rings. The third-order valence-corrected chi connectivity index (χ3v) is 6.70. The third-order valence-electron chi connectivity index (χ3n) is 6.43. The van der Waals surface area contributed by atoms with Crippen molar-refractivity contribution in [2.75, 3.05) is 58.7 Å². The molecule has 0 rings (SSSR count). The Balaban J connectivity index is 3.00. The van der Waals surface area contributed by atoms with Crippen LogP contribution < -0.4 is 0 Å². The van der Waals surface area contributed by atoms with Crippen LogP contribution in [0, 0.1) is 0 Å². The summed E-state index contributed by atoms with van der Waals surface area (Å²) in [6.07, 6.45) is 27.0. The van der Waals surface area contributed by atoms with Crippen LogP contribution in [0.5, 0.6) is 0 Å². The van der Waals surface area contributed by atoms with Crippen LogP contribution >= 0.6 is 11.6 Å². The lowest BCUT2D eigenvalue weighted by Gasteiger charge is -2.07. The molecule has 0 amide bonds. The van der Waals surface area contributed by atoms with Gasteiger partial charge in [0.2, 0.25) is 0 Å². The first-order valence-corrected chi connectivity index (χ1v) is 15.8. The Bertz CT molecular complexity index is 325. The van der Waals surface area contributed by atoms with Crippen molar-refractivity contribution >= 4 is 11.6 Å². The SMILES string of the molecule is CCCCCCCCCCCCCCCCCCOCCOCCOCCOCCCCCCCl. The van der Waals surface area contributed by atoms with E-state index in [-0.39, 0.29) is 0 Å². The van der Waals surface area contributed by atoms with Crippen LogP contribution in [0.1, 0.15) is 135 Å². The molecule has 0 heterocycles. The minimum Gasteiger partial charge on any atom is -0.379 e. The van der Waals surface area contributed by atoms with Gasteiger partial charge in [0.15, 0.2) is 0 Å². The molecule has 0 saturated heterocycles. The molecule has 0 aromatic rings. The van der Waals surface area contributed by atoms with Gasteiger partial charge < -0.3 is 18.9 Å². The van der Waals surface area contributed by atoms with Gasteiger partial charge in [0.05, 0.1) is 39.6 Å². The zero-order chi connectivity index (χ0) is 25.3. The first-order valence-electron chi connectivity index (χ1n) is 15.3. The molecule has 35 heavy (non-hydrogen) atoms. The van der Waals surface area contributed by atoms with Crippen molar-refractivity contribution in [2.24, 2.45) is 0 Å². The largest absolute Gasteiger partial charge is 0.379 e. The molecule has 0 aromatic carbocycles. The molecule has 4 nitrogen and oxygen atoms in total. The Morgan fingerprint density at radius 2 is 0.571 bits per heavy atom. The van der Waals surface area contributed by atoms with Gasteiger partial charge in [0, 0.05) is 19.1 Å². The van der Waals surface area contributed by atoms with E-state index in [1.54, 1.807) is 0 Å². The zero-order valence-corrected chi connectivity index (χ0v) is 24.3. The maximum absolute atomic E-state index is 5.67. The number of rotatable bonds is 32. The topological polar surface area (TPSA) is 36.9 Å². The molecule has 0 aliphatic carbocycles. The highest BCUT2D eigenvalue weighted by Gasteiger charge is 1.96. The highest BCUT2D eigenvalue weighted by molar-refractivity contribution is 6.17. The quantitative estimate of drug-likeness (QED) is 0.0654. The van der Waals surface area contributed by atoms with E-state index in [4.69, 9.17) is 30.5 Å². The van der Waals surface area contributed by atoms with Crippen molar-refractivity contribution in [3.8, 4) is 0 Å². The lowest BCUT2D eigenvalue weighted by molar-refractivity contribution is -0.00248. The van der Waals surface area contributed by atoms with E-state index in [2.05, 4.69) is 6.92 Å². The van der Waals surface area contributed by atoms with Crippen LogP contribution in [0.3, 0.4) is 0 Å². The van der Waals surface area contributed by atoms with Crippen LogP contribution in [-0.4, -0.2) is 58.7 Å². The molecule has 0 N–H and O–H groups in total. The van der Waals surface area contributed by atoms with Crippen LogP contribution in [0.15, 0.2) is 0 Å². The molecule has 0 spiro atoms. The van der Waals surface area contributed by atoms with Crippen LogP contribution in [0.4, 0.5) is 0 Å². The van der Waals surface area contributed by atoms with Crippen molar-refractivity contribution in [1.29, 1.82) is 0 Å². The first kappa shape index (κ1) is 35.1. The Kier molecular flexibility index (Phi) is 34.3. The number of hydrogen-bond acceptors (Lipinski definition) is 4. The number of hydrogen-bond donors (Lipinski definition) is 0. The van der Waals surface area contributed by atoms with Gasteiger partial charge in [0.25, 0.3) is 0 Å². The van der Waals surface area contributed by atoms with Gasteiger partial charge in [-0.2, -0.15) is 0 Å². The molecule has 212 valence electrons. The molecular weight excluding hydrogens is 460 g/mol. The van der Waals surface area contributed by atoms with E-state index in [1.807, 2.05) is 0 Å². The van der Waals surface area contributed by atoms with Gasteiger partial charge in [-0.1, -0.05) is 116 Å². The van der Waals surface area contributed by atoms with Crippen molar-refractivity contribution in [3.63, 3.8) is 0 Å². The summed E-state index contributed by atoms with van der Waals surface area (Å²) in [5.41, 5.74) is 0. The highest BCUT2D eigenvalue weighted by Crippen LogP contribution is 2.13. The fraction of sp³-hybridized carbons (Fsp3) is 1.00. The van der Waals surface area contributed by atoms with Crippen molar-refractivity contribution in [2.45, 2.75) is 135 Å². The van der Waals surface area contributed by atoms with Gasteiger partial charge in [-0.25, -0.2) is 0 Å². The fourth-order valence-corrected chi connectivity index (χ4v) is 4.36. The summed E-state index contributed by atoms with van der Waals surface area (Å²) in [6, 6.07) is 0. The van der Waals surface area contributed by atoms with E-state index in [9.17, 15) is 0 Å². The molecule has 5 heteroatoms. The molecule has 0 aliphatic heterocycles. The van der Waals surface area contributed by atoms with Crippen LogP contribution in [-0.2, 0) is 18.9 Å². The normalized spacial score (nSPS) is 11.5. The summed E-state index contributed by atoms with van der Waals surface area (Å²) in [7, 11) is 0. The molecule has 0 saturated carbocycles. The number of halogens is 1. The van der Waals surface area contributed by atoms with Crippen molar-refractivity contribution in [3.05, 3.63) is 0 Å². The molecule has 0 fully saturated rings. The summed E-state index contributed by atoms with van der Waals surface area (Å²) >= 11 is 5.66. The van der Waals surface area contributed by atoms with Gasteiger partial charge in [0.1, 0.15) is 0 Å². The molecule has 0 atom stereocenters. The summed E-state index contributed by atoms with van der Waals surface area (Å²) in [5, 5.41) is 0. The van der Waals surface area contributed by atoms with Gasteiger partial charge in [-0.15, -0.1) is 11.6 Å². The predicted molar refractivity (Wildman–Crippen MR) is 152 cm³/mol. The zero-order valence-electron chi connectivity index (χ0n) is 23.5. The maximum atomic E-state index is 5.67. The van der Waals surface area contributed by atoms with E-state index >= 15 is 0 Å². The maximum Gasteiger partial charge on any atom is 0.0701 e. The third kappa shape index (κ3) is 34.1. The van der Waals surface area contributed by atoms with Crippen molar-refractivity contribution in [1.82, 2.24) is 0 Å². The average molecular weight is 521 g/mol. The van der Waals surface area contributed by atoms with E-state index < -0.39 is 0 Å². The molecular formula is C30H61ClO4. The second-order valence-corrected chi connectivity index (χ2v) is 10.2. The summed E-state index contributed by atoms with van der Waals surface area (Å²) in [6.45, 7) is 7.86. The monoisotopic (exact) mass is 520 g/mol. The minimum atomic E-state index is 0.623. The van der Waals surface area contributed by atoms with E-state index in [0.29, 0.717) is 39.6 Å². The van der Waals surface area contributed by atoms with Crippen LogP contribution in [0.25, 0.3) is 0 Å². The standard InChI is InChI=1S/C30H61ClO4/c1-2-3-4-5-6-7-8-9-10-11-12-13-14-15-17-20-23-32-25-27-34-29-30-35-28-26-33-24-21-18-16-19-22-31/h2-30H2,1H3. The van der Waals surface area contributed by atoms with E-state index in [1.165, 1.54) is 116 Å². The second kappa shape index (κ2) is 34.1. The average Bonchev–Trinajstić information content (AvgIpc) is 2.87.